The van der Waals surface area contributed by atoms with Crippen molar-refractivity contribution in [3.05, 3.63) is 17.7 Å². The Labute approximate surface area is 194 Å². The summed E-state index contributed by atoms with van der Waals surface area (Å²) in [5.41, 5.74) is 0.866. The van der Waals surface area contributed by atoms with E-state index in [9.17, 15) is 20.1 Å². The lowest BCUT2D eigenvalue weighted by atomic mass is 10.0. The van der Waals surface area contributed by atoms with Crippen molar-refractivity contribution in [1.29, 1.82) is 0 Å². The highest BCUT2D eigenvalue weighted by Gasteiger charge is 2.07. The number of aliphatic carboxylic acids is 1. The van der Waals surface area contributed by atoms with Gasteiger partial charge in [-0.3, -0.25) is 4.79 Å². The maximum absolute atomic E-state index is 10.4. The number of aryl methyl sites for hydroxylation is 1. The Morgan fingerprint density at radius 1 is 0.531 bits per heavy atom. The molecule has 0 aliphatic rings. The number of hydrogen-bond acceptors (Lipinski definition) is 4. The highest BCUT2D eigenvalue weighted by atomic mass is 16.4. The maximum Gasteiger partial charge on any atom is 0.303 e. The number of phenolic OH excluding ortho intramolecular Hbond substituents is 3. The van der Waals surface area contributed by atoms with Crippen molar-refractivity contribution in [2.75, 3.05) is 0 Å². The van der Waals surface area contributed by atoms with Crippen LogP contribution in [0.1, 0.15) is 128 Å². The molecule has 0 spiro atoms. The van der Waals surface area contributed by atoms with E-state index in [1.807, 2.05) is 0 Å². The van der Waals surface area contributed by atoms with Crippen LogP contribution in [0.5, 0.6) is 17.2 Å². The Morgan fingerprint density at radius 2 is 0.844 bits per heavy atom. The second-order valence-corrected chi connectivity index (χ2v) is 9.24. The Morgan fingerprint density at radius 3 is 1.19 bits per heavy atom. The minimum Gasteiger partial charge on any atom is -0.504 e. The minimum absolute atomic E-state index is 0.248. The molecule has 0 unspecified atom stereocenters. The van der Waals surface area contributed by atoms with Gasteiger partial charge in [-0.25, -0.2) is 0 Å². The van der Waals surface area contributed by atoms with Crippen LogP contribution < -0.4 is 0 Å². The fourth-order valence-corrected chi connectivity index (χ4v) is 4.24. The van der Waals surface area contributed by atoms with E-state index in [0.717, 1.165) is 37.7 Å². The molecular formula is C27H46O5. The van der Waals surface area contributed by atoms with Crippen molar-refractivity contribution in [2.24, 2.45) is 0 Å². The molecule has 0 saturated heterocycles. The second kappa shape index (κ2) is 18.6. The van der Waals surface area contributed by atoms with E-state index in [1.54, 1.807) is 0 Å². The summed E-state index contributed by atoms with van der Waals surface area (Å²) in [4.78, 5) is 10.4. The zero-order valence-electron chi connectivity index (χ0n) is 20.0. The molecule has 0 aromatic heterocycles. The van der Waals surface area contributed by atoms with Gasteiger partial charge in [-0.2, -0.15) is 0 Å². The standard InChI is InChI=1S/C27H46O5/c28-24-21-23(22-25(29)27(24)32)19-17-15-13-11-9-7-5-3-1-2-4-6-8-10-12-14-16-18-20-26(30)31/h21-22,28-29,32H,1-20H2,(H,30,31). The van der Waals surface area contributed by atoms with Crippen LogP contribution in [0.3, 0.4) is 0 Å². The minimum atomic E-state index is -0.672. The van der Waals surface area contributed by atoms with E-state index < -0.39 is 11.7 Å². The fourth-order valence-electron chi connectivity index (χ4n) is 4.24. The first-order valence-corrected chi connectivity index (χ1v) is 13.0. The van der Waals surface area contributed by atoms with E-state index in [2.05, 4.69) is 0 Å². The molecule has 0 atom stereocenters. The molecule has 0 fully saturated rings. The summed E-state index contributed by atoms with van der Waals surface area (Å²) in [6.45, 7) is 0. The molecule has 5 nitrogen and oxygen atoms in total. The predicted octanol–water partition coefficient (Wildman–Crippen LogP) is 7.84. The number of phenols is 3. The molecular weight excluding hydrogens is 404 g/mol. The van der Waals surface area contributed by atoms with Gasteiger partial charge >= 0.3 is 5.97 Å². The number of unbranched alkanes of at least 4 members (excludes halogenated alkanes) is 17. The quantitative estimate of drug-likeness (QED) is 0.113. The molecule has 5 heteroatoms. The molecule has 184 valence electrons. The van der Waals surface area contributed by atoms with E-state index in [1.165, 1.54) is 102 Å². The SMILES string of the molecule is O=C(O)CCCCCCCCCCCCCCCCCCCCc1cc(O)c(O)c(O)c1. The lowest BCUT2D eigenvalue weighted by Crippen LogP contribution is -1.93. The lowest BCUT2D eigenvalue weighted by molar-refractivity contribution is -0.137. The molecule has 4 N–H and O–H groups in total. The number of carbonyl (C=O) groups is 1. The summed E-state index contributed by atoms with van der Waals surface area (Å²) in [5, 5.41) is 37.0. The molecule has 32 heavy (non-hydrogen) atoms. The number of hydrogen-bond donors (Lipinski definition) is 4. The van der Waals surface area contributed by atoms with E-state index in [4.69, 9.17) is 5.11 Å². The van der Waals surface area contributed by atoms with Crippen molar-refractivity contribution in [3.63, 3.8) is 0 Å². The van der Waals surface area contributed by atoms with Crippen LogP contribution in [0.4, 0.5) is 0 Å². The van der Waals surface area contributed by atoms with Crippen molar-refractivity contribution in [1.82, 2.24) is 0 Å². The highest BCUT2D eigenvalue weighted by Crippen LogP contribution is 2.35. The van der Waals surface area contributed by atoms with Gasteiger partial charge in [-0.15, -0.1) is 0 Å². The van der Waals surface area contributed by atoms with Gasteiger partial charge in [-0.1, -0.05) is 103 Å². The normalized spacial score (nSPS) is 11.1. The molecule has 1 aromatic carbocycles. The van der Waals surface area contributed by atoms with Crippen LogP contribution in [0, 0.1) is 0 Å². The Hall–Kier alpha value is -1.91. The van der Waals surface area contributed by atoms with Gasteiger partial charge in [0.1, 0.15) is 0 Å². The lowest BCUT2D eigenvalue weighted by Gasteiger charge is -2.06. The first-order chi connectivity index (χ1) is 15.5. The fraction of sp³-hybridized carbons (Fsp3) is 0.741. The Balaban J connectivity index is 1.77. The van der Waals surface area contributed by atoms with Crippen molar-refractivity contribution < 1.29 is 25.2 Å². The smallest absolute Gasteiger partial charge is 0.303 e. The summed E-state index contributed by atoms with van der Waals surface area (Å²) < 4.78 is 0. The average Bonchev–Trinajstić information content (AvgIpc) is 2.75. The summed E-state index contributed by atoms with van der Waals surface area (Å²) in [5.74, 6) is -1.61. The van der Waals surface area contributed by atoms with Crippen molar-refractivity contribution >= 4 is 5.97 Å². The molecule has 1 rings (SSSR count). The molecule has 1 aromatic rings. The number of rotatable bonds is 21. The Bertz CT molecular complexity index is 591. The van der Waals surface area contributed by atoms with E-state index in [0.29, 0.717) is 6.42 Å². The zero-order valence-corrected chi connectivity index (χ0v) is 20.0. The average molecular weight is 451 g/mol. The monoisotopic (exact) mass is 450 g/mol. The second-order valence-electron chi connectivity index (χ2n) is 9.24. The summed E-state index contributed by atoms with van der Waals surface area (Å²) in [7, 11) is 0. The van der Waals surface area contributed by atoms with Crippen molar-refractivity contribution in [2.45, 2.75) is 128 Å². The molecule has 0 radical (unpaired) electrons. The van der Waals surface area contributed by atoms with Crippen LogP contribution in [0.15, 0.2) is 12.1 Å². The third-order valence-electron chi connectivity index (χ3n) is 6.24. The number of benzene rings is 1. The highest BCUT2D eigenvalue weighted by molar-refractivity contribution is 5.66. The van der Waals surface area contributed by atoms with Crippen LogP contribution in [-0.2, 0) is 11.2 Å². The summed E-state index contributed by atoms with van der Waals surface area (Å²) in [6, 6.07) is 3.06. The molecule has 0 aliphatic heterocycles. The van der Waals surface area contributed by atoms with E-state index >= 15 is 0 Å². The number of aromatic hydroxyl groups is 3. The molecule has 0 bridgehead atoms. The molecule has 0 saturated carbocycles. The first-order valence-electron chi connectivity index (χ1n) is 13.0. The molecule has 0 amide bonds. The third-order valence-corrected chi connectivity index (χ3v) is 6.24. The van der Waals surface area contributed by atoms with Gasteiger partial charge in [-0.05, 0) is 37.0 Å². The number of carboxylic acids is 1. The maximum atomic E-state index is 10.4. The summed E-state index contributed by atoms with van der Waals surface area (Å²) in [6.07, 6.45) is 23.6. The van der Waals surface area contributed by atoms with Crippen LogP contribution in [0.25, 0.3) is 0 Å². The number of carboxylic acid groups (broad SMARTS) is 1. The van der Waals surface area contributed by atoms with Crippen LogP contribution in [-0.4, -0.2) is 26.4 Å². The Kier molecular flexibility index (Phi) is 16.4. The van der Waals surface area contributed by atoms with Crippen molar-refractivity contribution in [3.8, 4) is 17.2 Å². The topological polar surface area (TPSA) is 98.0 Å². The molecule has 0 heterocycles. The van der Waals surface area contributed by atoms with Gasteiger partial charge in [0.05, 0.1) is 0 Å². The van der Waals surface area contributed by atoms with Gasteiger partial charge in [0.15, 0.2) is 17.2 Å². The third kappa shape index (κ3) is 15.0. The zero-order chi connectivity index (χ0) is 23.4. The van der Waals surface area contributed by atoms with Gasteiger partial charge in [0.2, 0.25) is 0 Å². The van der Waals surface area contributed by atoms with Gasteiger partial charge in [0, 0.05) is 6.42 Å². The van der Waals surface area contributed by atoms with Gasteiger partial charge in [0.25, 0.3) is 0 Å². The summed E-state index contributed by atoms with van der Waals surface area (Å²) >= 11 is 0. The van der Waals surface area contributed by atoms with Crippen LogP contribution in [0.2, 0.25) is 0 Å². The van der Waals surface area contributed by atoms with E-state index in [-0.39, 0.29) is 11.5 Å². The van der Waals surface area contributed by atoms with Crippen LogP contribution >= 0.6 is 0 Å². The van der Waals surface area contributed by atoms with Gasteiger partial charge < -0.3 is 20.4 Å². The first kappa shape index (κ1) is 28.1. The molecule has 0 aliphatic carbocycles. The largest absolute Gasteiger partial charge is 0.504 e. The predicted molar refractivity (Wildman–Crippen MR) is 130 cm³/mol.